The van der Waals surface area contributed by atoms with E-state index in [0.717, 1.165) is 19.3 Å². The lowest BCUT2D eigenvalue weighted by molar-refractivity contribution is -0.137. The summed E-state index contributed by atoms with van der Waals surface area (Å²) in [6, 6.07) is -0.256. The van der Waals surface area contributed by atoms with Crippen molar-refractivity contribution in [3.8, 4) is 12.3 Å². The van der Waals surface area contributed by atoms with Gasteiger partial charge in [-0.05, 0) is 18.8 Å². The van der Waals surface area contributed by atoms with E-state index in [1.54, 1.807) is 4.90 Å². The van der Waals surface area contributed by atoms with Gasteiger partial charge in [-0.25, -0.2) is 4.79 Å². The van der Waals surface area contributed by atoms with Crippen LogP contribution in [0.2, 0.25) is 0 Å². The van der Waals surface area contributed by atoms with Gasteiger partial charge in [0.2, 0.25) is 0 Å². The average molecular weight is 252 g/mol. The van der Waals surface area contributed by atoms with Crippen LogP contribution in [0.3, 0.4) is 0 Å². The van der Waals surface area contributed by atoms with Gasteiger partial charge in [0.15, 0.2) is 0 Å². The number of carbonyl (C=O) groups is 2. The first-order valence-corrected chi connectivity index (χ1v) is 6.27. The predicted octanol–water partition coefficient (Wildman–Crippen LogP) is 1.25. The first-order chi connectivity index (χ1) is 8.58. The second-order valence-corrected chi connectivity index (χ2v) is 4.63. The Labute approximate surface area is 108 Å². The molecule has 1 unspecified atom stereocenters. The van der Waals surface area contributed by atoms with Crippen LogP contribution in [-0.4, -0.2) is 53.1 Å². The van der Waals surface area contributed by atoms with Gasteiger partial charge in [0, 0.05) is 13.1 Å². The molecule has 0 aliphatic carbocycles. The second kappa shape index (κ2) is 6.90. The molecule has 1 fully saturated rings. The van der Waals surface area contributed by atoms with E-state index in [9.17, 15) is 9.59 Å². The third-order valence-corrected chi connectivity index (χ3v) is 3.13. The van der Waals surface area contributed by atoms with E-state index in [1.165, 1.54) is 4.90 Å². The van der Waals surface area contributed by atoms with E-state index in [0.29, 0.717) is 19.0 Å². The molecular formula is C13H20N2O3. The fourth-order valence-corrected chi connectivity index (χ4v) is 2.31. The number of aliphatic carboxylic acids is 1. The van der Waals surface area contributed by atoms with Gasteiger partial charge in [0.05, 0.1) is 6.54 Å². The van der Waals surface area contributed by atoms with Crippen LogP contribution < -0.4 is 0 Å². The molecule has 0 radical (unpaired) electrons. The maximum absolute atomic E-state index is 12.1. The van der Waals surface area contributed by atoms with Crippen LogP contribution in [0, 0.1) is 18.3 Å². The van der Waals surface area contributed by atoms with Gasteiger partial charge in [0.1, 0.15) is 6.54 Å². The number of urea groups is 1. The van der Waals surface area contributed by atoms with Crippen LogP contribution in [0.25, 0.3) is 0 Å². The molecule has 1 heterocycles. The Kier molecular flexibility index (Phi) is 5.50. The molecule has 0 aromatic heterocycles. The molecule has 0 aromatic carbocycles. The molecule has 2 amide bonds. The molecule has 0 bridgehead atoms. The Morgan fingerprint density at radius 3 is 2.83 bits per heavy atom. The Morgan fingerprint density at radius 2 is 2.28 bits per heavy atom. The SMILES string of the molecule is C#CCN(CC(=O)O)C(=O)N1CCC(CCC)C1. The molecule has 0 saturated carbocycles. The summed E-state index contributed by atoms with van der Waals surface area (Å²) in [7, 11) is 0. The summed E-state index contributed by atoms with van der Waals surface area (Å²) in [6.45, 7) is 3.25. The predicted molar refractivity (Wildman–Crippen MR) is 68.0 cm³/mol. The van der Waals surface area contributed by atoms with Crippen molar-refractivity contribution in [1.29, 1.82) is 0 Å². The highest BCUT2D eigenvalue weighted by molar-refractivity contribution is 5.80. The summed E-state index contributed by atoms with van der Waals surface area (Å²) in [5, 5.41) is 8.76. The number of carbonyl (C=O) groups excluding carboxylic acids is 1. The molecule has 0 aromatic rings. The van der Waals surface area contributed by atoms with Gasteiger partial charge >= 0.3 is 12.0 Å². The summed E-state index contributed by atoms with van der Waals surface area (Å²) in [5.41, 5.74) is 0. The van der Waals surface area contributed by atoms with E-state index in [-0.39, 0.29) is 19.1 Å². The maximum atomic E-state index is 12.1. The lowest BCUT2D eigenvalue weighted by atomic mass is 10.0. The van der Waals surface area contributed by atoms with Gasteiger partial charge in [-0.2, -0.15) is 0 Å². The Morgan fingerprint density at radius 1 is 1.56 bits per heavy atom. The normalized spacial score (nSPS) is 18.4. The zero-order chi connectivity index (χ0) is 13.5. The van der Waals surface area contributed by atoms with Crippen molar-refractivity contribution in [1.82, 2.24) is 9.80 Å². The molecule has 5 heteroatoms. The summed E-state index contributed by atoms with van der Waals surface area (Å²) in [6.07, 6.45) is 8.37. The second-order valence-electron chi connectivity index (χ2n) is 4.63. The van der Waals surface area contributed by atoms with Gasteiger partial charge in [-0.1, -0.05) is 19.3 Å². The highest BCUT2D eigenvalue weighted by Gasteiger charge is 2.29. The van der Waals surface area contributed by atoms with Crippen molar-refractivity contribution in [2.24, 2.45) is 5.92 Å². The third kappa shape index (κ3) is 3.95. The van der Waals surface area contributed by atoms with Crippen LogP contribution in [0.5, 0.6) is 0 Å². The van der Waals surface area contributed by atoms with Crippen molar-refractivity contribution >= 4 is 12.0 Å². The molecule has 0 spiro atoms. The van der Waals surface area contributed by atoms with Gasteiger partial charge in [0.25, 0.3) is 0 Å². The van der Waals surface area contributed by atoms with E-state index in [4.69, 9.17) is 11.5 Å². The smallest absolute Gasteiger partial charge is 0.323 e. The monoisotopic (exact) mass is 252 g/mol. The van der Waals surface area contributed by atoms with Crippen LogP contribution in [0.4, 0.5) is 4.79 Å². The minimum Gasteiger partial charge on any atom is -0.480 e. The van der Waals surface area contributed by atoms with Crippen molar-refractivity contribution < 1.29 is 14.7 Å². The molecule has 1 saturated heterocycles. The minimum atomic E-state index is -1.04. The Bertz CT molecular complexity index is 349. The summed E-state index contributed by atoms with van der Waals surface area (Å²) >= 11 is 0. The van der Waals surface area contributed by atoms with E-state index in [1.807, 2.05) is 0 Å². The summed E-state index contributed by atoms with van der Waals surface area (Å²) < 4.78 is 0. The van der Waals surface area contributed by atoms with Gasteiger partial charge in [-0.3, -0.25) is 4.79 Å². The van der Waals surface area contributed by atoms with Crippen LogP contribution in [-0.2, 0) is 4.79 Å². The number of hydrogen-bond acceptors (Lipinski definition) is 2. The summed E-state index contributed by atoms with van der Waals surface area (Å²) in [4.78, 5) is 25.7. The van der Waals surface area contributed by atoms with Crippen molar-refractivity contribution in [2.45, 2.75) is 26.2 Å². The fraction of sp³-hybridized carbons (Fsp3) is 0.692. The first kappa shape index (κ1) is 14.4. The zero-order valence-corrected chi connectivity index (χ0v) is 10.8. The number of rotatable bonds is 5. The van der Waals surface area contributed by atoms with Crippen LogP contribution in [0.15, 0.2) is 0 Å². The average Bonchev–Trinajstić information content (AvgIpc) is 2.76. The molecule has 100 valence electrons. The van der Waals surface area contributed by atoms with Gasteiger partial charge < -0.3 is 14.9 Å². The number of carboxylic acid groups (broad SMARTS) is 1. The highest BCUT2D eigenvalue weighted by atomic mass is 16.4. The van der Waals surface area contributed by atoms with Crippen molar-refractivity contribution in [3.63, 3.8) is 0 Å². The number of carboxylic acids is 1. The van der Waals surface area contributed by atoms with E-state index < -0.39 is 5.97 Å². The lowest BCUT2D eigenvalue weighted by Crippen LogP contribution is -2.44. The van der Waals surface area contributed by atoms with Crippen molar-refractivity contribution in [2.75, 3.05) is 26.2 Å². The maximum Gasteiger partial charge on any atom is 0.323 e. The van der Waals surface area contributed by atoms with Crippen molar-refractivity contribution in [3.05, 3.63) is 0 Å². The van der Waals surface area contributed by atoms with E-state index >= 15 is 0 Å². The highest BCUT2D eigenvalue weighted by Crippen LogP contribution is 2.21. The number of hydrogen-bond donors (Lipinski definition) is 1. The number of nitrogens with zero attached hydrogens (tertiary/aromatic N) is 2. The van der Waals surface area contributed by atoms with Gasteiger partial charge in [-0.15, -0.1) is 6.42 Å². The number of terminal acetylenes is 1. The minimum absolute atomic E-state index is 0.0417. The first-order valence-electron chi connectivity index (χ1n) is 6.27. The number of amides is 2. The topological polar surface area (TPSA) is 60.9 Å². The standard InChI is InChI=1S/C13H20N2O3/c1-3-5-11-6-8-15(9-11)13(18)14(7-4-2)10-12(16)17/h2,11H,3,5-10H2,1H3,(H,16,17). The molecular weight excluding hydrogens is 232 g/mol. The zero-order valence-electron chi connectivity index (χ0n) is 10.8. The molecule has 1 aliphatic rings. The molecule has 18 heavy (non-hydrogen) atoms. The third-order valence-electron chi connectivity index (χ3n) is 3.13. The Hall–Kier alpha value is -1.70. The molecule has 1 aliphatic heterocycles. The summed E-state index contributed by atoms with van der Waals surface area (Å²) in [5.74, 6) is 1.83. The molecule has 5 nitrogen and oxygen atoms in total. The molecule has 1 rings (SSSR count). The quantitative estimate of drug-likeness (QED) is 0.749. The fourth-order valence-electron chi connectivity index (χ4n) is 2.31. The van der Waals surface area contributed by atoms with Crippen LogP contribution in [0.1, 0.15) is 26.2 Å². The molecule has 1 N–H and O–H groups in total. The molecule has 1 atom stereocenters. The largest absolute Gasteiger partial charge is 0.480 e. The Balaban J connectivity index is 2.56. The number of likely N-dealkylation sites (tertiary alicyclic amines) is 1. The lowest BCUT2D eigenvalue weighted by Gasteiger charge is -2.25. The van der Waals surface area contributed by atoms with E-state index in [2.05, 4.69) is 12.8 Å². The van der Waals surface area contributed by atoms with Crippen LogP contribution >= 0.6 is 0 Å².